The fourth-order valence-electron chi connectivity index (χ4n) is 6.01. The Bertz CT molecular complexity index is 1320. The van der Waals surface area contributed by atoms with Gasteiger partial charge in [-0.1, -0.05) is 19.1 Å². The molecule has 1 amide bonds. The number of hydrogen-bond acceptors (Lipinski definition) is 9. The van der Waals surface area contributed by atoms with Crippen LogP contribution in [0.2, 0.25) is 0 Å². The third kappa shape index (κ3) is 5.86. The van der Waals surface area contributed by atoms with Gasteiger partial charge in [-0.2, -0.15) is 9.52 Å². The lowest BCUT2D eigenvalue weighted by Crippen LogP contribution is -2.43. The number of nitrogens with zero attached hydrogens (tertiary/aromatic N) is 6. The van der Waals surface area contributed by atoms with E-state index in [0.29, 0.717) is 61.7 Å². The number of aromatic amines is 1. The van der Waals surface area contributed by atoms with Crippen LogP contribution in [0.3, 0.4) is 0 Å². The van der Waals surface area contributed by atoms with E-state index in [-0.39, 0.29) is 10.8 Å². The number of ether oxygens (including phenoxy) is 1. The van der Waals surface area contributed by atoms with Crippen LogP contribution in [-0.2, 0) is 21.2 Å². The first-order valence-corrected chi connectivity index (χ1v) is 15.7. The normalized spacial score (nSPS) is 21.1. The van der Waals surface area contributed by atoms with E-state index < -0.39 is 16.1 Å². The second-order valence-corrected chi connectivity index (χ2v) is 12.9. The first-order valence-electron chi connectivity index (χ1n) is 14.3. The highest BCUT2D eigenvalue weighted by atomic mass is 32.2. The molecule has 1 saturated heterocycles. The summed E-state index contributed by atoms with van der Waals surface area (Å²) in [5, 5.41) is 17.2. The largest absolute Gasteiger partial charge is 0.493 e. The Morgan fingerprint density at radius 3 is 2.65 bits per heavy atom. The maximum absolute atomic E-state index is 13.8. The molecule has 0 saturated carbocycles. The predicted octanol–water partition coefficient (Wildman–Crippen LogP) is 2.06. The number of tetrazole rings is 1. The van der Waals surface area contributed by atoms with Crippen LogP contribution >= 0.6 is 0 Å². The van der Waals surface area contributed by atoms with Crippen LogP contribution in [0, 0.1) is 5.92 Å². The Morgan fingerprint density at radius 1 is 1.15 bits per heavy atom. The van der Waals surface area contributed by atoms with E-state index >= 15 is 0 Å². The van der Waals surface area contributed by atoms with Crippen LogP contribution < -0.4 is 10.1 Å². The van der Waals surface area contributed by atoms with Crippen LogP contribution in [-0.4, -0.2) is 95.6 Å². The SMILES string of the molecule is CCCOc1ccc(S(=O)(=O)N2CCC(CCc3nn[nH]n3)CC2)cc1C1NC(=O)C2=C1CN(CCC)CN2C. The second-order valence-electron chi connectivity index (χ2n) is 10.9. The molecule has 1 unspecified atom stereocenters. The number of aromatic nitrogens is 4. The summed E-state index contributed by atoms with van der Waals surface area (Å²) < 4.78 is 35.3. The van der Waals surface area contributed by atoms with Gasteiger partial charge in [-0.05, 0) is 68.3 Å². The standard InChI is InChI=1S/C27H40N8O4S/c1-4-12-34-17-22-25(28-27(36)26(22)33(3)18-34)21-16-20(7-8-23(21)39-15-5-2)40(37,38)35-13-10-19(11-14-35)6-9-24-29-31-32-30-24/h7-8,16,19,25H,4-6,9-15,17-18H2,1-3H3,(H,28,36)(H,29,30,31,32). The smallest absolute Gasteiger partial charge is 0.268 e. The minimum absolute atomic E-state index is 0.128. The molecular weight excluding hydrogens is 532 g/mol. The van der Waals surface area contributed by atoms with Gasteiger partial charge in [-0.25, -0.2) is 8.42 Å². The van der Waals surface area contributed by atoms with Crippen molar-refractivity contribution in [3.8, 4) is 5.75 Å². The van der Waals surface area contributed by atoms with Crippen LogP contribution in [0.15, 0.2) is 34.4 Å². The molecule has 0 bridgehead atoms. The maximum Gasteiger partial charge on any atom is 0.268 e. The van der Waals surface area contributed by atoms with Gasteiger partial charge in [0.05, 0.1) is 24.2 Å². The Hall–Kier alpha value is -3.03. The molecule has 1 aromatic carbocycles. The molecule has 3 aliphatic heterocycles. The fraction of sp³-hybridized carbons (Fsp3) is 0.630. The molecular formula is C27H40N8O4S. The zero-order chi connectivity index (χ0) is 28.3. The van der Waals surface area contributed by atoms with Crippen LogP contribution in [0.5, 0.6) is 5.75 Å². The molecule has 0 radical (unpaired) electrons. The summed E-state index contributed by atoms with van der Waals surface area (Å²) >= 11 is 0. The highest BCUT2D eigenvalue weighted by Gasteiger charge is 2.40. The molecule has 218 valence electrons. The van der Waals surface area contributed by atoms with Gasteiger partial charge >= 0.3 is 0 Å². The lowest BCUT2D eigenvalue weighted by molar-refractivity contribution is -0.118. The number of sulfonamides is 1. The van der Waals surface area contributed by atoms with E-state index in [4.69, 9.17) is 4.74 Å². The molecule has 0 spiro atoms. The number of amides is 1. The summed E-state index contributed by atoms with van der Waals surface area (Å²) in [6.07, 6.45) is 5.04. The molecule has 1 aromatic heterocycles. The summed E-state index contributed by atoms with van der Waals surface area (Å²) in [4.78, 5) is 17.6. The summed E-state index contributed by atoms with van der Waals surface area (Å²) in [7, 11) is -1.79. The van der Waals surface area contributed by atoms with Gasteiger partial charge in [0.1, 0.15) is 11.4 Å². The van der Waals surface area contributed by atoms with Crippen LogP contribution in [0.25, 0.3) is 0 Å². The summed E-state index contributed by atoms with van der Waals surface area (Å²) in [5.41, 5.74) is 2.33. The Morgan fingerprint density at radius 2 is 1.95 bits per heavy atom. The number of carbonyl (C=O) groups excluding carboxylic acids is 1. The van der Waals surface area contributed by atoms with E-state index in [0.717, 1.165) is 50.6 Å². The van der Waals surface area contributed by atoms with Crippen molar-refractivity contribution in [3.05, 3.63) is 40.9 Å². The third-order valence-electron chi connectivity index (χ3n) is 8.00. The average molecular weight is 573 g/mol. The van der Waals surface area contributed by atoms with Crippen molar-refractivity contribution in [2.24, 2.45) is 5.92 Å². The minimum atomic E-state index is -3.72. The maximum atomic E-state index is 13.8. The lowest BCUT2D eigenvalue weighted by atomic mass is 9.93. The Kier molecular flexibility index (Phi) is 8.71. The zero-order valence-corrected chi connectivity index (χ0v) is 24.4. The van der Waals surface area contributed by atoms with Crippen LogP contribution in [0.1, 0.15) is 63.4 Å². The van der Waals surface area contributed by atoms with Crippen molar-refractivity contribution < 1.29 is 17.9 Å². The number of H-pyrrole nitrogens is 1. The molecule has 3 aliphatic rings. The number of rotatable bonds is 11. The first kappa shape index (κ1) is 28.5. The Balaban J connectivity index is 1.38. The molecule has 2 aromatic rings. The molecule has 12 nitrogen and oxygen atoms in total. The summed E-state index contributed by atoms with van der Waals surface area (Å²) in [6.45, 7) is 7.86. The van der Waals surface area contributed by atoms with E-state index in [9.17, 15) is 13.2 Å². The molecule has 0 aliphatic carbocycles. The van der Waals surface area contributed by atoms with Crippen molar-refractivity contribution in [2.45, 2.75) is 63.3 Å². The molecule has 13 heteroatoms. The van der Waals surface area contributed by atoms with E-state index in [2.05, 4.69) is 37.8 Å². The molecule has 40 heavy (non-hydrogen) atoms. The number of likely N-dealkylation sites (N-methyl/N-ethyl adjacent to an activating group) is 1. The van der Waals surface area contributed by atoms with E-state index in [1.165, 1.54) is 0 Å². The minimum Gasteiger partial charge on any atom is -0.493 e. The lowest BCUT2D eigenvalue weighted by Gasteiger charge is -2.35. The molecule has 4 heterocycles. The third-order valence-corrected chi connectivity index (χ3v) is 9.90. The zero-order valence-electron chi connectivity index (χ0n) is 23.6. The van der Waals surface area contributed by atoms with Gasteiger partial charge in [0.15, 0.2) is 5.82 Å². The molecule has 5 rings (SSSR count). The highest BCUT2D eigenvalue weighted by Crippen LogP contribution is 2.40. The van der Waals surface area contributed by atoms with Crippen molar-refractivity contribution in [1.82, 2.24) is 40.0 Å². The molecule has 2 N–H and O–H groups in total. The van der Waals surface area contributed by atoms with Crippen molar-refractivity contribution >= 4 is 15.9 Å². The van der Waals surface area contributed by atoms with E-state index in [1.54, 1.807) is 22.5 Å². The fourth-order valence-corrected chi connectivity index (χ4v) is 7.52. The second kappa shape index (κ2) is 12.2. The number of nitrogens with one attached hydrogen (secondary N) is 2. The van der Waals surface area contributed by atoms with Gasteiger partial charge in [0, 0.05) is 38.7 Å². The Labute approximate surface area is 236 Å². The van der Waals surface area contributed by atoms with Crippen LogP contribution in [0.4, 0.5) is 0 Å². The van der Waals surface area contributed by atoms with Gasteiger partial charge in [0.2, 0.25) is 10.0 Å². The summed E-state index contributed by atoms with van der Waals surface area (Å²) in [6, 6.07) is 4.65. The first-order chi connectivity index (χ1) is 19.3. The van der Waals surface area contributed by atoms with Gasteiger partial charge in [0.25, 0.3) is 5.91 Å². The predicted molar refractivity (Wildman–Crippen MR) is 149 cm³/mol. The van der Waals surface area contributed by atoms with Gasteiger partial charge in [-0.3, -0.25) is 9.69 Å². The van der Waals surface area contributed by atoms with Crippen molar-refractivity contribution in [3.63, 3.8) is 0 Å². The van der Waals surface area contributed by atoms with E-state index in [1.807, 2.05) is 18.9 Å². The monoisotopic (exact) mass is 572 g/mol. The molecule has 1 atom stereocenters. The quantitative estimate of drug-likeness (QED) is 0.415. The average Bonchev–Trinajstić information content (AvgIpc) is 3.59. The number of benzene rings is 1. The number of hydrogen-bond donors (Lipinski definition) is 2. The number of aryl methyl sites for hydroxylation is 1. The highest BCUT2D eigenvalue weighted by molar-refractivity contribution is 7.89. The van der Waals surface area contributed by atoms with Crippen molar-refractivity contribution in [2.75, 3.05) is 46.5 Å². The number of carbonyl (C=O) groups is 1. The van der Waals surface area contributed by atoms with Gasteiger partial charge < -0.3 is 15.0 Å². The topological polar surface area (TPSA) is 137 Å². The summed E-state index contributed by atoms with van der Waals surface area (Å²) in [5.74, 6) is 1.58. The number of piperidine rings is 1. The van der Waals surface area contributed by atoms with Crippen molar-refractivity contribution in [1.29, 1.82) is 0 Å². The molecule has 1 fully saturated rings. The van der Waals surface area contributed by atoms with Gasteiger partial charge in [-0.15, -0.1) is 10.2 Å².